The molecule has 0 aromatic heterocycles. The number of hydrogen-bond acceptors (Lipinski definition) is 4. The first kappa shape index (κ1) is 17.3. The van der Waals surface area contributed by atoms with Gasteiger partial charge in [0, 0.05) is 13.1 Å². The van der Waals surface area contributed by atoms with Crippen molar-refractivity contribution in [2.45, 2.75) is 17.4 Å². The third-order valence-corrected chi connectivity index (χ3v) is 4.37. The van der Waals surface area contributed by atoms with Crippen LogP contribution in [0, 0.1) is 5.82 Å². The summed E-state index contributed by atoms with van der Waals surface area (Å²) in [7, 11) is -0.376. The molecule has 114 valence electrons. The van der Waals surface area contributed by atoms with Gasteiger partial charge in [-0.2, -0.15) is 0 Å². The molecule has 0 saturated heterocycles. The van der Waals surface area contributed by atoms with Gasteiger partial charge in [-0.3, -0.25) is 0 Å². The van der Waals surface area contributed by atoms with E-state index in [9.17, 15) is 17.9 Å². The zero-order valence-corrected chi connectivity index (χ0v) is 13.1. The summed E-state index contributed by atoms with van der Waals surface area (Å²) in [6.45, 7) is 1.62. The number of aliphatic hydroxyl groups is 1. The van der Waals surface area contributed by atoms with Gasteiger partial charge in [0.25, 0.3) is 0 Å². The summed E-state index contributed by atoms with van der Waals surface area (Å²) < 4.78 is 39.3. The van der Waals surface area contributed by atoms with Gasteiger partial charge < -0.3 is 10.0 Å². The molecule has 0 aliphatic heterocycles. The first-order valence-corrected chi connectivity index (χ1v) is 7.71. The van der Waals surface area contributed by atoms with Crippen molar-refractivity contribution in [3.63, 3.8) is 0 Å². The maximum absolute atomic E-state index is 12.9. The predicted octanol–water partition coefficient (Wildman–Crippen LogP) is 1.07. The van der Waals surface area contributed by atoms with Gasteiger partial charge in [-0.25, -0.2) is 17.5 Å². The van der Waals surface area contributed by atoms with E-state index < -0.39 is 21.4 Å². The van der Waals surface area contributed by atoms with E-state index in [1.807, 2.05) is 0 Å². The largest absolute Gasteiger partial charge is 0.387 e. The number of halogens is 2. The van der Waals surface area contributed by atoms with Crippen molar-refractivity contribution in [1.82, 2.24) is 9.62 Å². The van der Waals surface area contributed by atoms with E-state index in [-0.39, 0.29) is 23.0 Å². The molecule has 1 aromatic rings. The third-order valence-electron chi connectivity index (χ3n) is 2.48. The highest BCUT2D eigenvalue weighted by atomic mass is 35.5. The summed E-state index contributed by atoms with van der Waals surface area (Å²) in [5.41, 5.74) is -1.23. The second-order valence-electron chi connectivity index (χ2n) is 5.13. The standard InChI is InChI=1S/C12H18ClFN2O3S/c1-12(17,8-16(2)3)7-15-20(18,19)11-5-4-9(14)6-10(11)13/h4-6,15,17H,7-8H2,1-3H3. The quantitative estimate of drug-likeness (QED) is 0.821. The average Bonchev–Trinajstić information content (AvgIpc) is 2.24. The Labute approximate surface area is 123 Å². The van der Waals surface area contributed by atoms with E-state index in [4.69, 9.17) is 11.6 Å². The molecule has 8 heteroatoms. The predicted molar refractivity (Wildman–Crippen MR) is 75.8 cm³/mol. The number of hydrogen-bond donors (Lipinski definition) is 2. The summed E-state index contributed by atoms with van der Waals surface area (Å²) in [6.07, 6.45) is 0. The molecule has 0 heterocycles. The van der Waals surface area contributed by atoms with Crippen LogP contribution in [0.5, 0.6) is 0 Å². The molecule has 1 rings (SSSR count). The zero-order chi connectivity index (χ0) is 15.6. The van der Waals surface area contributed by atoms with E-state index in [0.29, 0.717) is 0 Å². The highest BCUT2D eigenvalue weighted by Crippen LogP contribution is 2.22. The molecular formula is C12H18ClFN2O3S. The van der Waals surface area contributed by atoms with Crippen LogP contribution in [-0.4, -0.2) is 51.2 Å². The molecule has 0 saturated carbocycles. The summed E-state index contributed by atoms with van der Waals surface area (Å²) >= 11 is 5.72. The summed E-state index contributed by atoms with van der Waals surface area (Å²) in [5, 5.41) is 9.84. The first-order valence-electron chi connectivity index (χ1n) is 5.85. The third kappa shape index (κ3) is 4.99. The highest BCUT2D eigenvalue weighted by molar-refractivity contribution is 7.89. The van der Waals surface area contributed by atoms with Gasteiger partial charge in [-0.05, 0) is 39.2 Å². The fraction of sp³-hybridized carbons (Fsp3) is 0.500. The lowest BCUT2D eigenvalue weighted by Crippen LogP contribution is -2.47. The van der Waals surface area contributed by atoms with E-state index in [0.717, 1.165) is 18.2 Å². The maximum atomic E-state index is 12.9. The highest BCUT2D eigenvalue weighted by Gasteiger charge is 2.26. The first-order chi connectivity index (χ1) is 9.03. The minimum atomic E-state index is -3.90. The van der Waals surface area contributed by atoms with Gasteiger partial charge >= 0.3 is 0 Å². The molecule has 0 fully saturated rings. The number of nitrogens with one attached hydrogen (secondary N) is 1. The van der Waals surface area contributed by atoms with Crippen LogP contribution < -0.4 is 4.72 Å². The van der Waals surface area contributed by atoms with Gasteiger partial charge in [0.2, 0.25) is 10.0 Å². The van der Waals surface area contributed by atoms with Gasteiger partial charge in [0.1, 0.15) is 10.7 Å². The van der Waals surface area contributed by atoms with E-state index in [1.165, 1.54) is 6.92 Å². The van der Waals surface area contributed by atoms with Crippen LogP contribution in [-0.2, 0) is 10.0 Å². The normalized spacial score (nSPS) is 15.3. The molecule has 0 spiro atoms. The fourth-order valence-corrected chi connectivity index (χ4v) is 3.45. The molecule has 0 amide bonds. The van der Waals surface area contributed by atoms with Crippen LogP contribution in [0.25, 0.3) is 0 Å². The zero-order valence-electron chi connectivity index (χ0n) is 11.5. The average molecular weight is 325 g/mol. The Bertz CT molecular complexity index is 576. The molecule has 0 aliphatic rings. The second kappa shape index (κ2) is 6.36. The van der Waals surface area contributed by atoms with Crippen LogP contribution in [0.1, 0.15) is 6.92 Å². The van der Waals surface area contributed by atoms with Crippen molar-refractivity contribution in [2.24, 2.45) is 0 Å². The Morgan fingerprint density at radius 1 is 1.45 bits per heavy atom. The van der Waals surface area contributed by atoms with Crippen molar-refractivity contribution in [3.05, 3.63) is 29.0 Å². The smallest absolute Gasteiger partial charge is 0.242 e. The Balaban J connectivity index is 2.85. The van der Waals surface area contributed by atoms with Gasteiger partial charge in [0.15, 0.2) is 0 Å². The molecule has 0 radical (unpaired) electrons. The van der Waals surface area contributed by atoms with E-state index >= 15 is 0 Å². The molecular weight excluding hydrogens is 307 g/mol. The lowest BCUT2D eigenvalue weighted by Gasteiger charge is -2.27. The Morgan fingerprint density at radius 2 is 2.05 bits per heavy atom. The van der Waals surface area contributed by atoms with Crippen molar-refractivity contribution >= 4 is 21.6 Å². The maximum Gasteiger partial charge on any atom is 0.242 e. The van der Waals surface area contributed by atoms with Crippen LogP contribution in [0.4, 0.5) is 4.39 Å². The van der Waals surface area contributed by atoms with Crippen molar-refractivity contribution in [3.8, 4) is 0 Å². The van der Waals surface area contributed by atoms with Crippen molar-refractivity contribution in [2.75, 3.05) is 27.2 Å². The van der Waals surface area contributed by atoms with E-state index in [1.54, 1.807) is 19.0 Å². The molecule has 1 unspecified atom stereocenters. The van der Waals surface area contributed by atoms with Crippen LogP contribution in [0.2, 0.25) is 5.02 Å². The van der Waals surface area contributed by atoms with Gasteiger partial charge in [-0.15, -0.1) is 0 Å². The van der Waals surface area contributed by atoms with E-state index in [2.05, 4.69) is 4.72 Å². The van der Waals surface area contributed by atoms with Crippen molar-refractivity contribution < 1.29 is 17.9 Å². The molecule has 1 atom stereocenters. The number of nitrogens with zero attached hydrogens (tertiary/aromatic N) is 1. The number of benzene rings is 1. The molecule has 5 nitrogen and oxygen atoms in total. The Kier molecular flexibility index (Phi) is 5.51. The SMILES string of the molecule is CN(C)CC(C)(O)CNS(=O)(=O)c1ccc(F)cc1Cl. The van der Waals surface area contributed by atoms with Crippen LogP contribution >= 0.6 is 11.6 Å². The number of likely N-dealkylation sites (N-methyl/N-ethyl adjacent to an activating group) is 1. The summed E-state index contributed by atoms with van der Waals surface area (Å²) in [5.74, 6) is -0.617. The monoisotopic (exact) mass is 324 g/mol. The number of rotatable bonds is 6. The molecule has 0 aliphatic carbocycles. The minimum Gasteiger partial charge on any atom is -0.387 e. The van der Waals surface area contributed by atoms with Gasteiger partial charge in [0.05, 0.1) is 10.6 Å². The van der Waals surface area contributed by atoms with Crippen LogP contribution in [0.15, 0.2) is 23.1 Å². The van der Waals surface area contributed by atoms with Crippen molar-refractivity contribution in [1.29, 1.82) is 0 Å². The Morgan fingerprint density at radius 3 is 2.55 bits per heavy atom. The summed E-state index contributed by atoms with van der Waals surface area (Å²) in [4.78, 5) is 1.51. The number of sulfonamides is 1. The second-order valence-corrected chi connectivity index (χ2v) is 7.28. The lowest BCUT2D eigenvalue weighted by atomic mass is 10.1. The van der Waals surface area contributed by atoms with Crippen LogP contribution in [0.3, 0.4) is 0 Å². The minimum absolute atomic E-state index is 0.179. The molecule has 20 heavy (non-hydrogen) atoms. The molecule has 1 aromatic carbocycles. The van der Waals surface area contributed by atoms with Gasteiger partial charge in [-0.1, -0.05) is 11.6 Å². The Hall–Kier alpha value is -0.730. The molecule has 0 bridgehead atoms. The topological polar surface area (TPSA) is 69.6 Å². The lowest BCUT2D eigenvalue weighted by molar-refractivity contribution is 0.0386. The fourth-order valence-electron chi connectivity index (χ4n) is 1.76. The summed E-state index contributed by atoms with van der Waals surface area (Å²) in [6, 6.07) is 3.02. The molecule has 2 N–H and O–H groups in total.